The maximum absolute atomic E-state index is 12.1. The molecule has 10 heteroatoms. The molecule has 0 bridgehead atoms. The van der Waals surface area contributed by atoms with Crippen molar-refractivity contribution in [3.05, 3.63) is 64.8 Å². The number of fused-ring (bicyclic) bond motifs is 2. The fourth-order valence-corrected chi connectivity index (χ4v) is 6.31. The van der Waals surface area contributed by atoms with Crippen molar-refractivity contribution in [1.82, 2.24) is 5.48 Å². The summed E-state index contributed by atoms with van der Waals surface area (Å²) in [5.41, 5.74) is 7.22. The molecule has 0 saturated heterocycles. The number of nitrogens with zero attached hydrogens (tertiary/aromatic N) is 2. The lowest BCUT2D eigenvalue weighted by molar-refractivity contribution is -0.669. The maximum atomic E-state index is 12.1. The summed E-state index contributed by atoms with van der Waals surface area (Å²) in [6.07, 6.45) is 0.992. The molecule has 0 unspecified atom stereocenters. The third-order valence-electron chi connectivity index (χ3n) is 5.72. The van der Waals surface area contributed by atoms with Crippen LogP contribution in [0, 0.1) is 0 Å². The number of allylic oxidation sites excluding steroid dienone is 2. The van der Waals surface area contributed by atoms with Crippen LogP contribution in [0.1, 0.15) is 30.8 Å². The minimum Gasteiger partial charge on any atom is -0.548 e. The number of aliphatic carboxylic acids is 1. The number of benzene rings is 2. The van der Waals surface area contributed by atoms with Gasteiger partial charge >= 0.3 is 0 Å². The van der Waals surface area contributed by atoms with Crippen molar-refractivity contribution in [2.45, 2.75) is 33.2 Å². The molecule has 180 valence electrons. The first kappa shape index (κ1) is 24.3. The van der Waals surface area contributed by atoms with Crippen LogP contribution < -0.4 is 20.1 Å². The second-order valence-electron chi connectivity index (χ2n) is 8.06. The molecule has 0 amide bonds. The van der Waals surface area contributed by atoms with Crippen molar-refractivity contribution < 1.29 is 27.2 Å². The fourth-order valence-electron chi connectivity index (χ4n) is 4.24. The van der Waals surface area contributed by atoms with Gasteiger partial charge < -0.3 is 14.8 Å². The second kappa shape index (κ2) is 10.2. The molecule has 2 heterocycles. The summed E-state index contributed by atoms with van der Waals surface area (Å²) in [5.74, 6) is -1.26. The van der Waals surface area contributed by atoms with Crippen LogP contribution in [-0.2, 0) is 32.2 Å². The summed E-state index contributed by atoms with van der Waals surface area (Å²) in [7, 11) is -3.67. The summed E-state index contributed by atoms with van der Waals surface area (Å²) in [5, 5.41) is 12.5. The second-order valence-corrected chi connectivity index (χ2v) is 10.8. The zero-order valence-corrected chi connectivity index (χ0v) is 20.7. The molecule has 1 aromatic heterocycles. The highest BCUT2D eigenvalue weighted by Crippen LogP contribution is 2.38. The van der Waals surface area contributed by atoms with E-state index in [0.717, 1.165) is 37.7 Å². The molecule has 4 rings (SSSR count). The van der Waals surface area contributed by atoms with Gasteiger partial charge in [0, 0.05) is 36.8 Å². The monoisotopic (exact) mass is 501 g/mol. The van der Waals surface area contributed by atoms with Gasteiger partial charge in [0.1, 0.15) is 4.70 Å². The average Bonchev–Trinajstić information content (AvgIpc) is 3.36. The van der Waals surface area contributed by atoms with Crippen molar-refractivity contribution >= 4 is 48.9 Å². The zero-order chi connectivity index (χ0) is 24.3. The summed E-state index contributed by atoms with van der Waals surface area (Å²) in [6, 6.07) is 15.7. The van der Waals surface area contributed by atoms with Gasteiger partial charge in [-0.2, -0.15) is 22.7 Å². The Labute approximate surface area is 203 Å². The number of carboxylic acid groups (broad SMARTS) is 1. The van der Waals surface area contributed by atoms with E-state index in [0.29, 0.717) is 25.9 Å². The smallest absolute Gasteiger partial charge is 0.283 e. The molecule has 2 aromatic carbocycles. The van der Waals surface area contributed by atoms with Gasteiger partial charge in [-0.05, 0) is 24.6 Å². The van der Waals surface area contributed by atoms with Crippen LogP contribution in [0.5, 0.6) is 0 Å². The van der Waals surface area contributed by atoms with Crippen molar-refractivity contribution in [1.29, 1.82) is 0 Å². The molecular formula is C24H27N3O5S2. The van der Waals surface area contributed by atoms with Gasteiger partial charge in [0.25, 0.3) is 15.1 Å². The van der Waals surface area contributed by atoms with E-state index in [-0.39, 0.29) is 12.3 Å². The Hall–Kier alpha value is -2.79. The highest BCUT2D eigenvalue weighted by molar-refractivity contribution is 7.86. The molecule has 3 aromatic rings. The Balaban J connectivity index is 1.71. The lowest BCUT2D eigenvalue weighted by Crippen LogP contribution is -2.39. The van der Waals surface area contributed by atoms with Gasteiger partial charge in [0.05, 0.1) is 23.8 Å². The highest BCUT2D eigenvalue weighted by atomic mass is 32.2. The van der Waals surface area contributed by atoms with Crippen LogP contribution in [0.3, 0.4) is 0 Å². The largest absolute Gasteiger partial charge is 0.548 e. The fraction of sp³-hybridized carbons (Fsp3) is 0.333. The first-order valence-electron chi connectivity index (χ1n) is 11.1. The molecule has 34 heavy (non-hydrogen) atoms. The highest BCUT2D eigenvalue weighted by Gasteiger charge is 2.30. The van der Waals surface area contributed by atoms with Crippen molar-refractivity contribution in [2.24, 2.45) is 0 Å². The molecule has 1 N–H and O–H groups in total. The van der Waals surface area contributed by atoms with E-state index in [1.807, 2.05) is 60.4 Å². The van der Waals surface area contributed by atoms with Gasteiger partial charge in [-0.1, -0.05) is 48.6 Å². The molecule has 0 saturated carbocycles. The number of aryl methyl sites for hydroxylation is 1. The number of carbonyl (C=O) groups is 1. The number of carbonyl (C=O) groups excluding carboxylic acids is 1. The van der Waals surface area contributed by atoms with Crippen LogP contribution >= 0.6 is 11.3 Å². The Kier molecular flexibility index (Phi) is 7.32. The van der Waals surface area contributed by atoms with Crippen LogP contribution in [-0.4, -0.2) is 33.2 Å². The molecule has 1 aliphatic heterocycles. The van der Waals surface area contributed by atoms with Gasteiger partial charge in [0.2, 0.25) is 5.52 Å². The maximum Gasteiger partial charge on any atom is 0.283 e. The van der Waals surface area contributed by atoms with E-state index in [1.165, 1.54) is 0 Å². The third kappa shape index (κ3) is 5.15. The Bertz CT molecular complexity index is 1350. The standard InChI is InChI=1S/C24H27N3O5S2/c1-3-25-32-34(30,31)14-8-13-26-20-11-6-7-12-22(20)33-24(26)17(2)21-15-18-9-4-5-10-19(18)27(21)16-23(28)29/h4-7,9-12,25H,3,8,13-16H2,1-2H3. The first-order chi connectivity index (χ1) is 16.3. The van der Waals surface area contributed by atoms with Crippen molar-refractivity contribution in [2.75, 3.05) is 23.7 Å². The predicted octanol–water partition coefficient (Wildman–Crippen LogP) is 1.99. The number of thiazole rings is 1. The summed E-state index contributed by atoms with van der Waals surface area (Å²) >= 11 is 1.61. The number of hydrogen-bond donors (Lipinski definition) is 1. The van der Waals surface area contributed by atoms with E-state index in [9.17, 15) is 18.3 Å². The minimum absolute atomic E-state index is 0.117. The number of aromatic nitrogens is 1. The normalized spacial score (nSPS) is 15.1. The summed E-state index contributed by atoms with van der Waals surface area (Å²) in [4.78, 5) is 13.3. The van der Waals surface area contributed by atoms with Gasteiger partial charge in [-0.25, -0.2) is 0 Å². The first-order valence-corrected chi connectivity index (χ1v) is 13.5. The van der Waals surface area contributed by atoms with E-state index in [4.69, 9.17) is 4.28 Å². The number of nitrogens with one attached hydrogen (secondary N) is 1. The molecule has 0 atom stereocenters. The third-order valence-corrected chi connectivity index (χ3v) is 8.17. The molecule has 0 aliphatic carbocycles. The summed E-state index contributed by atoms with van der Waals surface area (Å²) < 4.78 is 32.2. The van der Waals surface area contributed by atoms with E-state index in [2.05, 4.69) is 10.0 Å². The molecule has 0 fully saturated rings. The van der Waals surface area contributed by atoms with Crippen molar-refractivity contribution in [3.63, 3.8) is 0 Å². The number of carboxylic acids is 1. The van der Waals surface area contributed by atoms with Crippen LogP contribution in [0.15, 0.2) is 54.2 Å². The lowest BCUT2D eigenvalue weighted by Gasteiger charge is -2.23. The van der Waals surface area contributed by atoms with Gasteiger partial charge in [-0.15, -0.1) is 0 Å². The molecule has 0 radical (unpaired) electrons. The average molecular weight is 502 g/mol. The number of anilines is 1. The number of hydrogen-bond acceptors (Lipinski definition) is 8. The summed E-state index contributed by atoms with van der Waals surface area (Å²) in [6.45, 7) is 4.40. The Morgan fingerprint density at radius 1 is 1.21 bits per heavy atom. The Morgan fingerprint density at radius 2 is 1.94 bits per heavy atom. The molecule has 0 spiro atoms. The number of rotatable bonds is 10. The van der Waals surface area contributed by atoms with Crippen molar-refractivity contribution in [3.8, 4) is 0 Å². The SMILES string of the molecule is CCNOS(=O)(=O)CCC[n+]1c(C(C)=C2Cc3ccccc3N2CC(=O)[O-])sc2ccccc21. The number of para-hydroxylation sites is 2. The van der Waals surface area contributed by atoms with E-state index < -0.39 is 16.1 Å². The molecule has 8 nitrogen and oxygen atoms in total. The lowest BCUT2D eigenvalue weighted by atomic mass is 10.1. The van der Waals surface area contributed by atoms with Crippen LogP contribution in [0.2, 0.25) is 0 Å². The number of hydroxylamine groups is 1. The predicted molar refractivity (Wildman–Crippen MR) is 130 cm³/mol. The zero-order valence-electron chi connectivity index (χ0n) is 19.1. The minimum atomic E-state index is -3.67. The van der Waals surface area contributed by atoms with E-state index >= 15 is 0 Å². The van der Waals surface area contributed by atoms with Crippen LogP contribution in [0.25, 0.3) is 15.8 Å². The van der Waals surface area contributed by atoms with Crippen LogP contribution in [0.4, 0.5) is 5.69 Å². The molecule has 1 aliphatic rings. The molecular weight excluding hydrogens is 474 g/mol. The van der Waals surface area contributed by atoms with Gasteiger partial charge in [-0.3, -0.25) is 0 Å². The Morgan fingerprint density at radius 3 is 2.71 bits per heavy atom. The topological polar surface area (TPSA) is 103 Å². The van der Waals surface area contributed by atoms with Gasteiger partial charge in [0.15, 0.2) is 6.54 Å². The van der Waals surface area contributed by atoms with E-state index in [1.54, 1.807) is 18.3 Å². The quantitative estimate of drug-likeness (QED) is 0.335.